The summed E-state index contributed by atoms with van der Waals surface area (Å²) in [6.45, 7) is 3.38. The van der Waals surface area contributed by atoms with Crippen LogP contribution in [0.1, 0.15) is 46.0 Å². The van der Waals surface area contributed by atoms with Gasteiger partial charge in [0.25, 0.3) is 0 Å². The first kappa shape index (κ1) is 16.1. The largest absolute Gasteiger partial charge is 0.464 e. The molecule has 0 radical (unpaired) electrons. The first-order valence-electron chi connectivity index (χ1n) is 8.11. The van der Waals surface area contributed by atoms with Gasteiger partial charge in [0.2, 0.25) is 5.91 Å². The molecule has 4 bridgehead atoms. The van der Waals surface area contributed by atoms with E-state index in [2.05, 4.69) is 5.32 Å². The van der Waals surface area contributed by atoms with Crippen molar-refractivity contribution < 1.29 is 19.4 Å². The molecule has 0 saturated heterocycles. The zero-order valence-electron chi connectivity index (χ0n) is 13.1. The van der Waals surface area contributed by atoms with Crippen LogP contribution in [0.4, 0.5) is 0 Å². The number of carbonyl (C=O) groups is 2. The van der Waals surface area contributed by atoms with E-state index in [4.69, 9.17) is 16.3 Å². The van der Waals surface area contributed by atoms with Crippen LogP contribution >= 0.6 is 11.6 Å². The molecule has 4 rings (SSSR count). The third kappa shape index (κ3) is 2.62. The minimum Gasteiger partial charge on any atom is -0.464 e. The number of carbonyl (C=O) groups excluding carboxylic acids is 2. The molecule has 2 unspecified atom stereocenters. The van der Waals surface area contributed by atoms with Crippen LogP contribution in [0.15, 0.2) is 0 Å². The van der Waals surface area contributed by atoms with Crippen molar-refractivity contribution in [1.82, 2.24) is 5.32 Å². The lowest BCUT2D eigenvalue weighted by atomic mass is 9.48. The number of nitrogens with one attached hydrogen (secondary N) is 1. The van der Waals surface area contributed by atoms with Crippen LogP contribution in [0.3, 0.4) is 0 Å². The van der Waals surface area contributed by atoms with Gasteiger partial charge in [-0.3, -0.25) is 4.79 Å². The van der Waals surface area contributed by atoms with Gasteiger partial charge in [-0.25, -0.2) is 4.79 Å². The maximum atomic E-state index is 12.3. The summed E-state index contributed by atoms with van der Waals surface area (Å²) in [6, 6.07) is -0.785. The van der Waals surface area contributed by atoms with Crippen molar-refractivity contribution in [3.05, 3.63) is 0 Å². The van der Waals surface area contributed by atoms with E-state index in [-0.39, 0.29) is 29.2 Å². The molecule has 0 aromatic heterocycles. The number of aliphatic hydroxyl groups is 1. The number of amides is 1. The number of esters is 1. The maximum Gasteiger partial charge on any atom is 0.329 e. The monoisotopic (exact) mass is 329 g/mol. The number of rotatable bonds is 4. The molecule has 4 fully saturated rings. The smallest absolute Gasteiger partial charge is 0.329 e. The number of hydrogen-bond acceptors (Lipinski definition) is 4. The number of ether oxygens (including phenoxy) is 1. The summed E-state index contributed by atoms with van der Waals surface area (Å²) in [5.41, 5.74) is -0.980. The molecule has 4 aliphatic carbocycles. The quantitative estimate of drug-likeness (QED) is 0.607. The molecule has 4 saturated carbocycles. The molecule has 124 valence electrons. The molecule has 0 heterocycles. The highest BCUT2D eigenvalue weighted by atomic mass is 35.5. The molecule has 0 spiro atoms. The fourth-order valence-corrected chi connectivity index (χ4v) is 6.03. The summed E-state index contributed by atoms with van der Waals surface area (Å²) in [5, 5.41) is 13.9. The number of halogens is 1. The first-order chi connectivity index (χ1) is 10.3. The second-order valence-corrected chi connectivity index (χ2v) is 8.16. The van der Waals surface area contributed by atoms with Crippen LogP contribution < -0.4 is 5.32 Å². The molecule has 5 nitrogen and oxygen atoms in total. The lowest BCUT2D eigenvalue weighted by molar-refractivity contribution is -0.186. The van der Waals surface area contributed by atoms with Crippen LogP contribution in [-0.2, 0) is 14.3 Å². The first-order valence-corrected chi connectivity index (χ1v) is 8.49. The Hall–Kier alpha value is -0.810. The Bertz CT molecular complexity index is 499. The molecule has 22 heavy (non-hydrogen) atoms. The molecular weight excluding hydrogens is 306 g/mol. The second kappa shape index (κ2) is 5.38. The van der Waals surface area contributed by atoms with E-state index in [1.807, 2.05) is 0 Å². The molecule has 4 aliphatic rings. The molecule has 0 aromatic rings. The standard InChI is InChI=1S/C16H24ClNO4/c1-3-22-14(20)13(18-9(2)19)12-11-4-10-5-15(17,7-11)8-16(12,21)6-10/h10-13,21H,3-8H2,1-2H3,(H,18,19)/t10?,11?,12-,13+,15+,16+/m0/s1. The fraction of sp³-hybridized carbons (Fsp3) is 0.875. The zero-order chi connectivity index (χ0) is 16.1. The number of hydrogen-bond donors (Lipinski definition) is 2. The molecule has 6 heteroatoms. The van der Waals surface area contributed by atoms with Gasteiger partial charge in [0.05, 0.1) is 12.2 Å². The average Bonchev–Trinajstić information content (AvgIpc) is 2.33. The molecule has 1 amide bonds. The Kier molecular flexibility index (Phi) is 3.92. The highest BCUT2D eigenvalue weighted by Gasteiger charge is 2.64. The molecule has 2 N–H and O–H groups in total. The Morgan fingerprint density at radius 2 is 2.14 bits per heavy atom. The van der Waals surface area contributed by atoms with Crippen molar-refractivity contribution in [2.24, 2.45) is 17.8 Å². The van der Waals surface area contributed by atoms with E-state index in [9.17, 15) is 14.7 Å². The van der Waals surface area contributed by atoms with Crippen molar-refractivity contribution in [3.63, 3.8) is 0 Å². The highest BCUT2D eigenvalue weighted by Crippen LogP contribution is 2.63. The lowest BCUT2D eigenvalue weighted by Gasteiger charge is -2.62. The van der Waals surface area contributed by atoms with Crippen LogP contribution in [-0.4, -0.2) is 40.1 Å². The summed E-state index contributed by atoms with van der Waals surface area (Å²) < 4.78 is 5.13. The van der Waals surface area contributed by atoms with Crippen molar-refractivity contribution >= 4 is 23.5 Å². The summed E-state index contributed by atoms with van der Waals surface area (Å²) in [7, 11) is 0. The normalized spacial score (nSPS) is 43.7. The summed E-state index contributed by atoms with van der Waals surface area (Å²) >= 11 is 6.67. The maximum absolute atomic E-state index is 12.3. The Morgan fingerprint density at radius 3 is 2.68 bits per heavy atom. The lowest BCUT2D eigenvalue weighted by Crippen LogP contribution is -2.68. The summed E-state index contributed by atoms with van der Waals surface area (Å²) in [5.74, 6) is -0.460. The Morgan fingerprint density at radius 1 is 1.41 bits per heavy atom. The van der Waals surface area contributed by atoms with E-state index in [1.54, 1.807) is 6.92 Å². The molecule has 0 aliphatic heterocycles. The van der Waals surface area contributed by atoms with Gasteiger partial charge < -0.3 is 15.2 Å². The van der Waals surface area contributed by atoms with E-state index in [0.29, 0.717) is 18.8 Å². The van der Waals surface area contributed by atoms with Gasteiger partial charge in [-0.15, -0.1) is 11.6 Å². The van der Waals surface area contributed by atoms with E-state index in [0.717, 1.165) is 19.3 Å². The van der Waals surface area contributed by atoms with Gasteiger partial charge in [-0.05, 0) is 50.9 Å². The SMILES string of the molecule is CCOC(=O)[C@H](NC(C)=O)[C@@H]1C2CC3C[C@@](Cl)(C2)C[C@]1(O)C3. The molecule has 0 aromatic carbocycles. The van der Waals surface area contributed by atoms with Crippen LogP contribution in [0.5, 0.6) is 0 Å². The predicted octanol–water partition coefficient (Wildman–Crippen LogP) is 1.60. The number of alkyl halides is 1. The van der Waals surface area contributed by atoms with E-state index in [1.165, 1.54) is 6.92 Å². The second-order valence-electron chi connectivity index (χ2n) is 7.36. The van der Waals surface area contributed by atoms with Gasteiger partial charge in [-0.1, -0.05) is 0 Å². The van der Waals surface area contributed by atoms with Crippen molar-refractivity contribution in [2.45, 2.75) is 62.5 Å². The Labute approximate surface area is 135 Å². The predicted molar refractivity (Wildman–Crippen MR) is 81.3 cm³/mol. The van der Waals surface area contributed by atoms with Crippen LogP contribution in [0.25, 0.3) is 0 Å². The van der Waals surface area contributed by atoms with E-state index >= 15 is 0 Å². The summed E-state index contributed by atoms with van der Waals surface area (Å²) in [6.07, 6.45) is 3.88. The Balaban J connectivity index is 1.90. The van der Waals surface area contributed by atoms with Crippen LogP contribution in [0.2, 0.25) is 0 Å². The van der Waals surface area contributed by atoms with E-state index < -0.39 is 17.6 Å². The van der Waals surface area contributed by atoms with Crippen molar-refractivity contribution in [2.75, 3.05) is 6.61 Å². The average molecular weight is 330 g/mol. The van der Waals surface area contributed by atoms with Gasteiger partial charge in [0.1, 0.15) is 6.04 Å². The van der Waals surface area contributed by atoms with Gasteiger partial charge in [0, 0.05) is 17.7 Å². The zero-order valence-corrected chi connectivity index (χ0v) is 13.9. The van der Waals surface area contributed by atoms with Crippen molar-refractivity contribution in [3.8, 4) is 0 Å². The molecular formula is C16H24ClNO4. The third-order valence-corrected chi connectivity index (χ3v) is 6.01. The van der Waals surface area contributed by atoms with Gasteiger partial charge >= 0.3 is 5.97 Å². The fourth-order valence-electron chi connectivity index (χ4n) is 5.38. The topological polar surface area (TPSA) is 75.6 Å². The van der Waals surface area contributed by atoms with Crippen LogP contribution in [0, 0.1) is 17.8 Å². The summed E-state index contributed by atoms with van der Waals surface area (Å²) in [4.78, 5) is 23.5. The van der Waals surface area contributed by atoms with Crippen molar-refractivity contribution in [1.29, 1.82) is 0 Å². The van der Waals surface area contributed by atoms with Gasteiger partial charge in [0.15, 0.2) is 0 Å². The highest BCUT2D eigenvalue weighted by molar-refractivity contribution is 6.24. The minimum atomic E-state index is -0.980. The molecule has 6 atom stereocenters. The third-order valence-electron chi connectivity index (χ3n) is 5.57. The van der Waals surface area contributed by atoms with Gasteiger partial charge in [-0.2, -0.15) is 0 Å². The minimum absolute atomic E-state index is 0.157.